The molecule has 2 heteroatoms. The van der Waals surface area contributed by atoms with Gasteiger partial charge in [-0.25, -0.2) is 4.98 Å². The molecule has 1 N–H and O–H groups in total. The quantitative estimate of drug-likeness (QED) is 0.549. The van der Waals surface area contributed by atoms with Crippen LogP contribution in [0.2, 0.25) is 0 Å². The van der Waals surface area contributed by atoms with Crippen LogP contribution in [0.15, 0.2) is 18.3 Å². The molecule has 9 heavy (non-hydrogen) atoms. The molecule has 2 radical (unpaired) electrons. The molecule has 0 aromatic carbocycles. The highest BCUT2D eigenvalue weighted by Gasteiger charge is 1.89. The highest BCUT2D eigenvalue weighted by atomic mass is 14.8. The van der Waals surface area contributed by atoms with Crippen LogP contribution in [-0.2, 0) is 0 Å². The first-order valence-electron chi connectivity index (χ1n) is 2.69. The summed E-state index contributed by atoms with van der Waals surface area (Å²) in [5, 5.41) is 0.984. The molecule has 0 aliphatic carbocycles. The zero-order valence-electron chi connectivity index (χ0n) is 4.68. The number of nitrogens with one attached hydrogen (secondary N) is 1. The molecule has 0 amide bonds. The van der Waals surface area contributed by atoms with Gasteiger partial charge in [-0.1, -0.05) is 0 Å². The van der Waals surface area contributed by atoms with Gasteiger partial charge in [0.25, 0.3) is 0 Å². The largest absolute Gasteiger partial charge is 0.337 e. The molecule has 0 saturated carbocycles. The Bertz CT molecular complexity index is 281. The monoisotopic (exact) mass is 116 g/mol. The number of nitrogens with zero attached hydrogens (tertiary/aromatic N) is 1. The highest BCUT2D eigenvalue weighted by molar-refractivity contribution is 5.73. The molecule has 2 aromatic rings. The molecule has 0 bridgehead atoms. The summed E-state index contributed by atoms with van der Waals surface area (Å²) < 4.78 is 0. The Morgan fingerprint density at radius 1 is 1.56 bits per heavy atom. The second kappa shape index (κ2) is 1.58. The Morgan fingerprint density at radius 2 is 2.56 bits per heavy atom. The molecule has 0 saturated heterocycles. The lowest BCUT2D eigenvalue weighted by molar-refractivity contribution is 1.32. The van der Waals surface area contributed by atoms with Gasteiger partial charge in [-0.3, -0.25) is 0 Å². The minimum absolute atomic E-state index is 0.845. The third-order valence-electron chi connectivity index (χ3n) is 1.19. The zero-order chi connectivity index (χ0) is 6.10. The van der Waals surface area contributed by atoms with Gasteiger partial charge in [-0.2, -0.15) is 0 Å². The number of pyridine rings is 1. The molecule has 0 spiro atoms. The SMILES string of the molecule is [c]1[c]c2cccnc2[nH]1. The minimum Gasteiger partial charge on any atom is -0.337 e. The summed E-state index contributed by atoms with van der Waals surface area (Å²) in [7, 11) is 0. The lowest BCUT2D eigenvalue weighted by Crippen LogP contribution is -1.70. The van der Waals surface area contributed by atoms with Crippen LogP contribution in [-0.4, -0.2) is 9.97 Å². The first-order chi connectivity index (χ1) is 4.47. The van der Waals surface area contributed by atoms with Crippen molar-refractivity contribution in [3.05, 3.63) is 30.6 Å². The fourth-order valence-electron chi connectivity index (χ4n) is 0.764. The third-order valence-corrected chi connectivity index (χ3v) is 1.19. The van der Waals surface area contributed by atoms with E-state index < -0.39 is 0 Å². The van der Waals surface area contributed by atoms with Gasteiger partial charge in [0.15, 0.2) is 0 Å². The normalized spacial score (nSPS) is 10.2. The van der Waals surface area contributed by atoms with E-state index in [1.807, 2.05) is 12.1 Å². The van der Waals surface area contributed by atoms with E-state index in [-0.39, 0.29) is 0 Å². The van der Waals surface area contributed by atoms with E-state index >= 15 is 0 Å². The number of rotatable bonds is 0. The number of hydrogen-bond donors (Lipinski definition) is 1. The van der Waals surface area contributed by atoms with E-state index in [9.17, 15) is 0 Å². The number of aromatic amines is 1. The van der Waals surface area contributed by atoms with E-state index in [0.717, 1.165) is 11.0 Å². The molecule has 0 aliphatic heterocycles. The highest BCUT2D eigenvalue weighted by Crippen LogP contribution is 2.04. The van der Waals surface area contributed by atoms with E-state index in [2.05, 4.69) is 22.2 Å². The van der Waals surface area contributed by atoms with Crippen molar-refractivity contribution in [2.45, 2.75) is 0 Å². The molecular formula is C7H4N2. The van der Waals surface area contributed by atoms with Crippen molar-refractivity contribution in [3.63, 3.8) is 0 Å². The number of aromatic nitrogens is 2. The van der Waals surface area contributed by atoms with Gasteiger partial charge in [0.05, 0.1) is 6.20 Å². The van der Waals surface area contributed by atoms with Gasteiger partial charge in [0.1, 0.15) is 5.65 Å². The molecule has 0 aliphatic rings. The average Bonchev–Trinajstić information content (AvgIpc) is 2.33. The van der Waals surface area contributed by atoms with Crippen molar-refractivity contribution in [1.82, 2.24) is 9.97 Å². The third kappa shape index (κ3) is 0.598. The van der Waals surface area contributed by atoms with E-state index in [1.165, 1.54) is 0 Å². The molecule has 2 nitrogen and oxygen atoms in total. The first-order valence-corrected chi connectivity index (χ1v) is 2.69. The van der Waals surface area contributed by atoms with Crippen molar-refractivity contribution < 1.29 is 0 Å². The summed E-state index contributed by atoms with van der Waals surface area (Å²) in [4.78, 5) is 6.85. The smallest absolute Gasteiger partial charge is 0.138 e. The number of H-pyrrole nitrogens is 1. The van der Waals surface area contributed by atoms with Crippen molar-refractivity contribution in [2.24, 2.45) is 0 Å². The zero-order valence-corrected chi connectivity index (χ0v) is 4.68. The van der Waals surface area contributed by atoms with Crippen LogP contribution in [0.4, 0.5) is 0 Å². The van der Waals surface area contributed by atoms with Crippen LogP contribution in [0, 0.1) is 12.3 Å². The fraction of sp³-hybridized carbons (Fsp3) is 0. The summed E-state index contributed by atoms with van der Waals surface area (Å²) in [5.74, 6) is 0. The number of hydrogen-bond acceptors (Lipinski definition) is 1. The molecule has 0 fully saturated rings. The van der Waals surface area contributed by atoms with Crippen LogP contribution in [0.1, 0.15) is 0 Å². The Morgan fingerprint density at radius 3 is 3.44 bits per heavy atom. The molecule has 2 heterocycles. The van der Waals surface area contributed by atoms with Crippen LogP contribution in [0.3, 0.4) is 0 Å². The Hall–Kier alpha value is -1.31. The summed E-state index contributed by atoms with van der Waals surface area (Å²) >= 11 is 0. The summed E-state index contributed by atoms with van der Waals surface area (Å²) in [6.45, 7) is 0. The Balaban J connectivity index is 2.95. The maximum absolute atomic E-state index is 4.02. The van der Waals surface area contributed by atoms with Gasteiger partial charge < -0.3 is 4.98 Å². The van der Waals surface area contributed by atoms with E-state index in [1.54, 1.807) is 6.20 Å². The summed E-state index contributed by atoms with van der Waals surface area (Å²) in [6, 6.07) is 6.69. The lowest BCUT2D eigenvalue weighted by Gasteiger charge is -1.82. The minimum atomic E-state index is 0.845. The average molecular weight is 116 g/mol. The van der Waals surface area contributed by atoms with Crippen molar-refractivity contribution in [3.8, 4) is 0 Å². The molecular weight excluding hydrogens is 112 g/mol. The van der Waals surface area contributed by atoms with Gasteiger partial charge in [-0.15, -0.1) is 0 Å². The second-order valence-electron chi connectivity index (χ2n) is 1.77. The van der Waals surface area contributed by atoms with Crippen molar-refractivity contribution in [1.29, 1.82) is 0 Å². The Labute approximate surface area is 52.5 Å². The number of fused-ring (bicyclic) bond motifs is 1. The van der Waals surface area contributed by atoms with E-state index in [0.29, 0.717) is 0 Å². The molecule has 2 rings (SSSR count). The van der Waals surface area contributed by atoms with Crippen LogP contribution in [0.25, 0.3) is 11.0 Å². The topological polar surface area (TPSA) is 28.7 Å². The predicted molar refractivity (Wildman–Crippen MR) is 33.8 cm³/mol. The van der Waals surface area contributed by atoms with Crippen LogP contribution in [0.5, 0.6) is 0 Å². The summed E-state index contributed by atoms with van der Waals surface area (Å²) in [6.07, 6.45) is 4.46. The predicted octanol–water partition coefficient (Wildman–Crippen LogP) is 1.16. The van der Waals surface area contributed by atoms with Gasteiger partial charge >= 0.3 is 0 Å². The molecule has 2 aromatic heterocycles. The van der Waals surface area contributed by atoms with E-state index in [4.69, 9.17) is 0 Å². The second-order valence-corrected chi connectivity index (χ2v) is 1.77. The van der Waals surface area contributed by atoms with Gasteiger partial charge in [0.2, 0.25) is 0 Å². The maximum atomic E-state index is 4.02. The van der Waals surface area contributed by atoms with Gasteiger partial charge in [-0.05, 0) is 12.1 Å². The maximum Gasteiger partial charge on any atom is 0.138 e. The first kappa shape index (κ1) is 4.56. The summed E-state index contributed by atoms with van der Waals surface area (Å²) in [5.41, 5.74) is 0.845. The molecule has 0 unspecified atom stereocenters. The van der Waals surface area contributed by atoms with Crippen LogP contribution >= 0.6 is 0 Å². The fourth-order valence-corrected chi connectivity index (χ4v) is 0.764. The van der Waals surface area contributed by atoms with Crippen molar-refractivity contribution >= 4 is 11.0 Å². The molecule has 42 valence electrons. The van der Waals surface area contributed by atoms with Gasteiger partial charge in [0, 0.05) is 17.6 Å². The lowest BCUT2D eigenvalue weighted by atomic mass is 10.3. The van der Waals surface area contributed by atoms with Crippen LogP contribution < -0.4 is 0 Å². The standard InChI is InChI=1S/C7H4N2/c1-2-6-3-5-9-7(6)8-4-1/h1-2,4H,(H,8,9). The Kier molecular flexibility index (Phi) is 0.803. The molecule has 0 atom stereocenters. The van der Waals surface area contributed by atoms with Crippen molar-refractivity contribution in [2.75, 3.05) is 0 Å².